The molecule has 0 atom stereocenters. The van der Waals surface area contributed by atoms with Crippen LogP contribution in [0.1, 0.15) is 6.92 Å². The molecule has 28 heavy (non-hydrogen) atoms. The first kappa shape index (κ1) is 19.0. The average molecular weight is 375 g/mol. The van der Waals surface area contributed by atoms with Gasteiger partial charge in [0.2, 0.25) is 11.8 Å². The van der Waals surface area contributed by atoms with Gasteiger partial charge in [0.25, 0.3) is 0 Å². The van der Waals surface area contributed by atoms with E-state index in [1.54, 1.807) is 48.5 Å². The molecule has 2 amide bonds. The number of hydrogen-bond acceptors (Lipinski definition) is 4. The van der Waals surface area contributed by atoms with Crippen molar-refractivity contribution in [3.05, 3.63) is 78.9 Å². The van der Waals surface area contributed by atoms with Gasteiger partial charge in [0.05, 0.1) is 6.54 Å². The van der Waals surface area contributed by atoms with Gasteiger partial charge in [-0.15, -0.1) is 0 Å². The molecule has 3 rings (SSSR count). The third-order valence-electron chi connectivity index (χ3n) is 3.78. The van der Waals surface area contributed by atoms with Crippen LogP contribution >= 0.6 is 0 Å². The van der Waals surface area contributed by atoms with Gasteiger partial charge in [0.1, 0.15) is 11.5 Å². The fourth-order valence-corrected chi connectivity index (χ4v) is 2.49. The van der Waals surface area contributed by atoms with E-state index in [1.165, 1.54) is 6.92 Å². The maximum Gasteiger partial charge on any atom is 0.243 e. The molecule has 3 aromatic rings. The van der Waals surface area contributed by atoms with Crippen LogP contribution in [0.2, 0.25) is 0 Å². The summed E-state index contributed by atoms with van der Waals surface area (Å²) in [5, 5.41) is 8.56. The molecular formula is C22H21N3O3. The molecule has 0 spiro atoms. The highest BCUT2D eigenvalue weighted by molar-refractivity contribution is 5.94. The van der Waals surface area contributed by atoms with E-state index in [2.05, 4.69) is 16.0 Å². The molecule has 0 unspecified atom stereocenters. The van der Waals surface area contributed by atoms with E-state index in [-0.39, 0.29) is 18.4 Å². The Kier molecular flexibility index (Phi) is 6.25. The van der Waals surface area contributed by atoms with Crippen molar-refractivity contribution in [3.8, 4) is 11.5 Å². The smallest absolute Gasteiger partial charge is 0.243 e. The fraction of sp³-hybridized carbons (Fsp3) is 0.0909. The number of ether oxygens (including phenoxy) is 1. The highest BCUT2D eigenvalue weighted by Gasteiger charge is 2.04. The molecule has 0 aliphatic heterocycles. The first-order valence-electron chi connectivity index (χ1n) is 8.83. The summed E-state index contributed by atoms with van der Waals surface area (Å²) in [6, 6.07) is 23.8. The van der Waals surface area contributed by atoms with Crippen molar-refractivity contribution in [2.24, 2.45) is 0 Å². The summed E-state index contributed by atoms with van der Waals surface area (Å²) >= 11 is 0. The molecular weight excluding hydrogens is 354 g/mol. The van der Waals surface area contributed by atoms with Crippen molar-refractivity contribution in [3.63, 3.8) is 0 Å². The Bertz CT molecular complexity index is 924. The maximum atomic E-state index is 12.1. The number of carbonyl (C=O) groups is 2. The predicted octanol–water partition coefficient (Wildman–Crippen LogP) is 4.49. The van der Waals surface area contributed by atoms with Crippen molar-refractivity contribution in [1.29, 1.82) is 0 Å². The Labute approximate surface area is 163 Å². The maximum absolute atomic E-state index is 12.1. The molecule has 0 aliphatic rings. The monoisotopic (exact) mass is 375 g/mol. The molecule has 0 fully saturated rings. The minimum atomic E-state index is -0.164. The summed E-state index contributed by atoms with van der Waals surface area (Å²) in [6.07, 6.45) is 0. The Morgan fingerprint density at radius 3 is 1.89 bits per heavy atom. The SMILES string of the molecule is CC(=O)Nc1ccc(NCC(=O)Nc2ccc(Oc3ccccc3)cc2)cc1. The second-order valence-electron chi connectivity index (χ2n) is 6.10. The van der Waals surface area contributed by atoms with Crippen molar-refractivity contribution in [2.45, 2.75) is 6.92 Å². The first-order valence-corrected chi connectivity index (χ1v) is 8.83. The van der Waals surface area contributed by atoms with Gasteiger partial charge in [-0.1, -0.05) is 18.2 Å². The Morgan fingerprint density at radius 1 is 0.714 bits per heavy atom. The van der Waals surface area contributed by atoms with Gasteiger partial charge in [-0.25, -0.2) is 0 Å². The highest BCUT2D eigenvalue weighted by atomic mass is 16.5. The van der Waals surface area contributed by atoms with Crippen LogP contribution in [0.4, 0.5) is 17.1 Å². The number of rotatable bonds is 7. The lowest BCUT2D eigenvalue weighted by molar-refractivity contribution is -0.115. The molecule has 6 heteroatoms. The molecule has 0 saturated heterocycles. The number of para-hydroxylation sites is 1. The van der Waals surface area contributed by atoms with E-state index >= 15 is 0 Å². The van der Waals surface area contributed by atoms with Crippen LogP contribution in [0.3, 0.4) is 0 Å². The van der Waals surface area contributed by atoms with Crippen LogP contribution in [0.15, 0.2) is 78.9 Å². The van der Waals surface area contributed by atoms with Crippen molar-refractivity contribution >= 4 is 28.9 Å². The molecule has 0 aromatic heterocycles. The van der Waals surface area contributed by atoms with Gasteiger partial charge in [-0.2, -0.15) is 0 Å². The lowest BCUT2D eigenvalue weighted by atomic mass is 10.2. The molecule has 0 aliphatic carbocycles. The minimum absolute atomic E-state index is 0.125. The standard InChI is InChI=1S/C22H21N3O3/c1-16(26)24-18-9-7-17(8-10-18)23-15-22(27)25-19-11-13-21(14-12-19)28-20-5-3-2-4-6-20/h2-14,23H,15H2,1H3,(H,24,26)(H,25,27). The van der Waals surface area contributed by atoms with E-state index in [1.807, 2.05) is 30.3 Å². The van der Waals surface area contributed by atoms with Gasteiger partial charge in [-0.3, -0.25) is 9.59 Å². The van der Waals surface area contributed by atoms with Gasteiger partial charge >= 0.3 is 0 Å². The summed E-state index contributed by atoms with van der Waals surface area (Å²) in [5.41, 5.74) is 2.18. The third-order valence-corrected chi connectivity index (χ3v) is 3.78. The fourth-order valence-electron chi connectivity index (χ4n) is 2.49. The van der Waals surface area contributed by atoms with Gasteiger partial charge in [-0.05, 0) is 60.7 Å². The molecule has 3 N–H and O–H groups in total. The zero-order chi connectivity index (χ0) is 19.8. The van der Waals surface area contributed by atoms with Gasteiger partial charge in [0, 0.05) is 24.0 Å². The summed E-state index contributed by atoms with van der Waals surface area (Å²) in [4.78, 5) is 23.1. The van der Waals surface area contributed by atoms with Crippen LogP contribution < -0.4 is 20.7 Å². The van der Waals surface area contributed by atoms with Crippen LogP contribution in [0.25, 0.3) is 0 Å². The number of benzene rings is 3. The minimum Gasteiger partial charge on any atom is -0.457 e. The average Bonchev–Trinajstić information content (AvgIpc) is 2.69. The zero-order valence-electron chi connectivity index (χ0n) is 15.4. The van der Waals surface area contributed by atoms with Gasteiger partial charge in [0.15, 0.2) is 0 Å². The molecule has 0 radical (unpaired) electrons. The van der Waals surface area contributed by atoms with E-state index in [9.17, 15) is 9.59 Å². The molecule has 0 saturated carbocycles. The van der Waals surface area contributed by atoms with Crippen molar-refractivity contribution < 1.29 is 14.3 Å². The van der Waals surface area contributed by atoms with Crippen LogP contribution in [0.5, 0.6) is 11.5 Å². The molecule has 0 heterocycles. The van der Waals surface area contributed by atoms with Gasteiger partial charge < -0.3 is 20.7 Å². The summed E-state index contributed by atoms with van der Waals surface area (Å²) in [6.45, 7) is 1.58. The number of carbonyl (C=O) groups excluding carboxylic acids is 2. The molecule has 0 bridgehead atoms. The van der Waals surface area contributed by atoms with E-state index in [4.69, 9.17) is 4.74 Å². The molecule has 3 aromatic carbocycles. The van der Waals surface area contributed by atoms with Crippen molar-refractivity contribution in [1.82, 2.24) is 0 Å². The zero-order valence-corrected chi connectivity index (χ0v) is 15.4. The number of hydrogen-bond donors (Lipinski definition) is 3. The highest BCUT2D eigenvalue weighted by Crippen LogP contribution is 2.22. The Morgan fingerprint density at radius 2 is 1.25 bits per heavy atom. The van der Waals surface area contributed by atoms with E-state index in [0.29, 0.717) is 17.1 Å². The lowest BCUT2D eigenvalue weighted by Gasteiger charge is -2.10. The topological polar surface area (TPSA) is 79.5 Å². The number of nitrogens with one attached hydrogen (secondary N) is 3. The number of amides is 2. The Balaban J connectivity index is 1.47. The van der Waals surface area contributed by atoms with E-state index in [0.717, 1.165) is 11.4 Å². The van der Waals surface area contributed by atoms with Crippen LogP contribution in [0, 0.1) is 0 Å². The first-order chi connectivity index (χ1) is 13.6. The molecule has 142 valence electrons. The number of anilines is 3. The second kappa shape index (κ2) is 9.23. The lowest BCUT2D eigenvalue weighted by Crippen LogP contribution is -2.21. The van der Waals surface area contributed by atoms with E-state index < -0.39 is 0 Å². The quantitative estimate of drug-likeness (QED) is 0.569. The summed E-state index contributed by atoms with van der Waals surface area (Å²) in [5.74, 6) is 1.16. The largest absolute Gasteiger partial charge is 0.457 e. The Hall–Kier alpha value is -3.80. The van der Waals surface area contributed by atoms with Crippen LogP contribution in [-0.2, 0) is 9.59 Å². The molecule has 6 nitrogen and oxygen atoms in total. The second-order valence-corrected chi connectivity index (χ2v) is 6.10. The summed E-state index contributed by atoms with van der Waals surface area (Å²) < 4.78 is 5.73. The normalized spacial score (nSPS) is 10.0. The summed E-state index contributed by atoms with van der Waals surface area (Å²) in [7, 11) is 0. The third kappa shape index (κ3) is 5.88. The van der Waals surface area contributed by atoms with Crippen molar-refractivity contribution in [2.75, 3.05) is 22.5 Å². The van der Waals surface area contributed by atoms with Crippen LogP contribution in [-0.4, -0.2) is 18.4 Å². The predicted molar refractivity (Wildman–Crippen MR) is 111 cm³/mol.